The Morgan fingerprint density at radius 3 is 2.83 bits per heavy atom. The van der Waals surface area contributed by atoms with Crippen molar-refractivity contribution in [3.05, 3.63) is 42.7 Å². The molecule has 0 aliphatic carbocycles. The van der Waals surface area contributed by atoms with Crippen molar-refractivity contribution >= 4 is 33.9 Å². The molecule has 1 fully saturated rings. The fraction of sp³-hybridized carbons (Fsp3) is 0.458. The molecule has 11 heteroatoms. The number of benzene rings is 1. The Morgan fingerprint density at radius 2 is 2.03 bits per heavy atom. The van der Waals surface area contributed by atoms with Crippen LogP contribution < -0.4 is 5.73 Å². The fourth-order valence-electron chi connectivity index (χ4n) is 5.11. The number of nitrogens with zero attached hydrogens (tertiary/aromatic N) is 7. The summed E-state index contributed by atoms with van der Waals surface area (Å²) in [4.78, 5) is 32.3. The molecular weight excluding hydrogens is 448 g/mol. The van der Waals surface area contributed by atoms with Crippen LogP contribution in [0.1, 0.15) is 38.6 Å². The molecule has 0 unspecified atom stereocenters. The molecular formula is C24H30N8O3. The lowest BCUT2D eigenvalue weighted by Gasteiger charge is -2.34. The smallest absolute Gasteiger partial charge is 0.224 e. The molecule has 1 amide bonds. The van der Waals surface area contributed by atoms with Crippen LogP contribution in [-0.2, 0) is 17.8 Å². The number of aryl methyl sites for hydroxylation is 2. The van der Waals surface area contributed by atoms with Crippen LogP contribution in [-0.4, -0.2) is 74.9 Å². The van der Waals surface area contributed by atoms with E-state index in [0.717, 1.165) is 23.3 Å². The number of fused-ring (bicyclic) bond motifs is 2. The van der Waals surface area contributed by atoms with E-state index >= 15 is 0 Å². The highest BCUT2D eigenvalue weighted by Crippen LogP contribution is 2.34. The van der Waals surface area contributed by atoms with Crippen LogP contribution in [0.4, 0.5) is 5.82 Å². The number of aromatic nitrogens is 6. The standard InChI is InChI=1S/C24H30N8O3/c1-3-19-29-16-6-4-5-7-17(16)31(19)9-8-20(34)30-11-15(33)10-24(2,35)18(12-30)32-14-28-21-22(25)26-13-27-23(21)32/h4-7,13-15,18,33,35H,3,8-12H2,1-2H3,(H2,25,26,27)/t15-,18+,24+/m1/s1. The minimum Gasteiger partial charge on any atom is -0.391 e. The average Bonchev–Trinajstić information content (AvgIpc) is 3.38. The number of nitrogens with two attached hydrogens (primary N) is 1. The minimum atomic E-state index is -1.31. The molecule has 0 radical (unpaired) electrons. The van der Waals surface area contributed by atoms with Gasteiger partial charge in [-0.05, 0) is 19.1 Å². The third-order valence-corrected chi connectivity index (χ3v) is 6.87. The van der Waals surface area contributed by atoms with Gasteiger partial charge in [-0.3, -0.25) is 4.79 Å². The Kier molecular flexibility index (Phi) is 5.89. The number of β-amino-alcohol motifs (C(OH)–C–C–N with tert-alkyl or cyclic N) is 1. The molecule has 5 rings (SSSR count). The van der Waals surface area contributed by atoms with E-state index in [4.69, 9.17) is 5.73 Å². The van der Waals surface area contributed by atoms with E-state index in [9.17, 15) is 15.0 Å². The van der Waals surface area contributed by atoms with Crippen LogP contribution in [0.15, 0.2) is 36.9 Å². The normalized spacial score (nSPS) is 23.1. The van der Waals surface area contributed by atoms with Crippen LogP contribution in [0.3, 0.4) is 0 Å². The molecule has 4 aromatic rings. The topological polar surface area (TPSA) is 148 Å². The molecule has 3 aromatic heterocycles. The first kappa shape index (κ1) is 23.2. The van der Waals surface area contributed by atoms with Crippen molar-refractivity contribution in [1.82, 2.24) is 34.0 Å². The second-order valence-corrected chi connectivity index (χ2v) is 9.38. The number of aliphatic hydroxyl groups excluding tert-OH is 1. The van der Waals surface area contributed by atoms with Crippen LogP contribution >= 0.6 is 0 Å². The van der Waals surface area contributed by atoms with E-state index in [0.29, 0.717) is 17.7 Å². The van der Waals surface area contributed by atoms with E-state index in [1.54, 1.807) is 22.7 Å². The number of rotatable bonds is 5. The molecule has 0 saturated carbocycles. The number of carbonyl (C=O) groups is 1. The van der Waals surface area contributed by atoms with Gasteiger partial charge in [-0.2, -0.15) is 0 Å². The first-order valence-electron chi connectivity index (χ1n) is 11.8. The van der Waals surface area contributed by atoms with Gasteiger partial charge in [-0.25, -0.2) is 19.9 Å². The van der Waals surface area contributed by atoms with Crippen molar-refractivity contribution in [2.45, 2.75) is 57.4 Å². The van der Waals surface area contributed by atoms with Gasteiger partial charge in [0.25, 0.3) is 0 Å². The molecule has 0 bridgehead atoms. The lowest BCUT2D eigenvalue weighted by atomic mass is 9.91. The zero-order valence-corrected chi connectivity index (χ0v) is 19.9. The molecule has 0 spiro atoms. The summed E-state index contributed by atoms with van der Waals surface area (Å²) >= 11 is 0. The monoisotopic (exact) mass is 478 g/mol. The van der Waals surface area contributed by atoms with Gasteiger partial charge in [-0.15, -0.1) is 0 Å². The van der Waals surface area contributed by atoms with Gasteiger partial charge in [0, 0.05) is 38.9 Å². The zero-order valence-electron chi connectivity index (χ0n) is 19.9. The summed E-state index contributed by atoms with van der Waals surface area (Å²) in [5.41, 5.74) is 7.45. The zero-order chi connectivity index (χ0) is 24.7. The van der Waals surface area contributed by atoms with E-state index < -0.39 is 17.7 Å². The summed E-state index contributed by atoms with van der Waals surface area (Å²) in [6.45, 7) is 4.53. The van der Waals surface area contributed by atoms with E-state index in [-0.39, 0.29) is 37.7 Å². The minimum absolute atomic E-state index is 0.105. The van der Waals surface area contributed by atoms with Gasteiger partial charge in [-0.1, -0.05) is 19.1 Å². The third-order valence-electron chi connectivity index (χ3n) is 6.87. The second kappa shape index (κ2) is 8.90. The number of nitrogen functional groups attached to an aromatic ring is 1. The first-order chi connectivity index (χ1) is 16.8. The number of hydrogen-bond acceptors (Lipinski definition) is 8. The molecule has 1 aliphatic rings. The fourth-order valence-corrected chi connectivity index (χ4v) is 5.11. The maximum Gasteiger partial charge on any atom is 0.224 e. The van der Waals surface area contributed by atoms with Crippen molar-refractivity contribution < 1.29 is 15.0 Å². The number of para-hydroxylation sites is 2. The number of hydrogen-bond donors (Lipinski definition) is 3. The van der Waals surface area contributed by atoms with Gasteiger partial charge in [0.2, 0.25) is 5.91 Å². The maximum atomic E-state index is 13.4. The Bertz CT molecular complexity index is 1380. The lowest BCUT2D eigenvalue weighted by molar-refractivity contribution is -0.133. The third kappa shape index (κ3) is 4.21. The molecule has 4 heterocycles. The summed E-state index contributed by atoms with van der Waals surface area (Å²) in [5.74, 6) is 1.07. The Hall–Kier alpha value is -3.57. The van der Waals surface area contributed by atoms with E-state index in [1.807, 2.05) is 31.2 Å². The van der Waals surface area contributed by atoms with Crippen LogP contribution in [0.2, 0.25) is 0 Å². The predicted octanol–water partition coefficient (Wildman–Crippen LogP) is 1.30. The Balaban J connectivity index is 1.41. The summed E-state index contributed by atoms with van der Waals surface area (Å²) in [6, 6.07) is 7.31. The maximum absolute atomic E-state index is 13.4. The Morgan fingerprint density at radius 1 is 1.23 bits per heavy atom. The quantitative estimate of drug-likeness (QED) is 0.389. The van der Waals surface area contributed by atoms with Gasteiger partial charge >= 0.3 is 0 Å². The van der Waals surface area contributed by atoms with E-state index in [2.05, 4.69) is 24.5 Å². The summed E-state index contributed by atoms with van der Waals surface area (Å²) in [5, 5.41) is 22.0. The van der Waals surface area contributed by atoms with E-state index in [1.165, 1.54) is 6.33 Å². The predicted molar refractivity (Wildman–Crippen MR) is 130 cm³/mol. The summed E-state index contributed by atoms with van der Waals surface area (Å²) in [7, 11) is 0. The number of imidazole rings is 2. The van der Waals surface area contributed by atoms with Crippen molar-refractivity contribution in [3.63, 3.8) is 0 Å². The highest BCUT2D eigenvalue weighted by molar-refractivity contribution is 5.81. The number of amides is 1. The van der Waals surface area contributed by atoms with Crippen LogP contribution in [0, 0.1) is 0 Å². The molecule has 1 saturated heterocycles. The molecule has 1 aromatic carbocycles. The van der Waals surface area contributed by atoms with Crippen LogP contribution in [0.25, 0.3) is 22.2 Å². The van der Waals surface area contributed by atoms with Gasteiger partial charge in [0.05, 0.1) is 35.1 Å². The van der Waals surface area contributed by atoms with Crippen molar-refractivity contribution in [2.75, 3.05) is 18.8 Å². The molecule has 4 N–H and O–H groups in total. The average molecular weight is 479 g/mol. The summed E-state index contributed by atoms with van der Waals surface area (Å²) < 4.78 is 3.81. The van der Waals surface area contributed by atoms with Crippen molar-refractivity contribution in [2.24, 2.45) is 0 Å². The highest BCUT2D eigenvalue weighted by Gasteiger charge is 2.42. The Labute approximate surface area is 202 Å². The molecule has 35 heavy (non-hydrogen) atoms. The number of carbonyl (C=O) groups excluding carboxylic acids is 1. The highest BCUT2D eigenvalue weighted by atomic mass is 16.3. The number of aliphatic hydroxyl groups is 2. The lowest BCUT2D eigenvalue weighted by Crippen LogP contribution is -2.42. The van der Waals surface area contributed by atoms with Gasteiger partial charge < -0.3 is 30.0 Å². The van der Waals surface area contributed by atoms with Crippen LogP contribution in [0.5, 0.6) is 0 Å². The second-order valence-electron chi connectivity index (χ2n) is 9.38. The van der Waals surface area contributed by atoms with Crippen molar-refractivity contribution in [3.8, 4) is 0 Å². The molecule has 1 aliphatic heterocycles. The molecule has 11 nitrogen and oxygen atoms in total. The van der Waals surface area contributed by atoms with Gasteiger partial charge in [0.15, 0.2) is 11.5 Å². The van der Waals surface area contributed by atoms with Gasteiger partial charge in [0.1, 0.15) is 17.7 Å². The van der Waals surface area contributed by atoms with Crippen molar-refractivity contribution in [1.29, 1.82) is 0 Å². The number of likely N-dealkylation sites (tertiary alicyclic amines) is 1. The SMILES string of the molecule is CCc1nc2ccccc2n1CCC(=O)N1C[C@H](O)C[C@](C)(O)[C@@H](n2cnc3c(N)ncnc32)C1. The summed E-state index contributed by atoms with van der Waals surface area (Å²) in [6.07, 6.45) is 3.14. The first-order valence-corrected chi connectivity index (χ1v) is 11.8. The number of anilines is 1. The molecule has 3 atom stereocenters. The molecule has 184 valence electrons. The largest absolute Gasteiger partial charge is 0.391 e.